The largest absolute Gasteiger partial charge is 0.479 e. The van der Waals surface area contributed by atoms with Crippen LogP contribution >= 0.6 is 0 Å². The number of carboxylic acids is 1. The van der Waals surface area contributed by atoms with Crippen LogP contribution in [0.2, 0.25) is 0 Å². The van der Waals surface area contributed by atoms with Crippen LogP contribution in [-0.2, 0) is 19.1 Å². The molecule has 0 radical (unpaired) electrons. The maximum absolute atomic E-state index is 12.0. The fourth-order valence-electron chi connectivity index (χ4n) is 1.70. The normalized spacial score (nSPS) is 17.1. The van der Waals surface area contributed by atoms with Gasteiger partial charge in [0.05, 0.1) is 0 Å². The Morgan fingerprint density at radius 3 is 2.18 bits per heavy atom. The highest BCUT2D eigenvalue weighted by atomic mass is 16.6. The predicted octanol–water partition coefficient (Wildman–Crippen LogP) is 0.450. The van der Waals surface area contributed by atoms with E-state index in [1.165, 1.54) is 0 Å². The van der Waals surface area contributed by atoms with E-state index >= 15 is 0 Å². The lowest BCUT2D eigenvalue weighted by molar-refractivity contribution is -0.147. The van der Waals surface area contributed by atoms with E-state index in [9.17, 15) is 19.2 Å². The molecule has 1 aliphatic rings. The van der Waals surface area contributed by atoms with Gasteiger partial charge in [-0.1, -0.05) is 6.92 Å². The Balaban J connectivity index is 2.49. The number of ketones is 1. The third-order valence-corrected chi connectivity index (χ3v) is 3.20. The number of Topliss-reactive ketones (excluding diaryl/α,β-unsaturated/α-hetero) is 1. The number of ether oxygens (including phenoxy) is 1. The van der Waals surface area contributed by atoms with Crippen LogP contribution in [0, 0.1) is 5.41 Å². The molecule has 0 bridgehead atoms. The molecule has 1 unspecified atom stereocenters. The van der Waals surface area contributed by atoms with Crippen LogP contribution in [0.1, 0.15) is 40.5 Å². The highest BCUT2D eigenvalue weighted by Gasteiger charge is 2.49. The quantitative estimate of drug-likeness (QED) is 0.612. The van der Waals surface area contributed by atoms with Crippen LogP contribution in [0.4, 0.5) is 4.79 Å². The van der Waals surface area contributed by atoms with E-state index in [1.807, 2.05) is 0 Å². The van der Waals surface area contributed by atoms with Crippen LogP contribution in [0.15, 0.2) is 0 Å². The van der Waals surface area contributed by atoms with Crippen LogP contribution in [-0.4, -0.2) is 47.0 Å². The Morgan fingerprint density at radius 1 is 1.23 bits per heavy atom. The topological polar surface area (TPSA) is 122 Å². The standard InChI is InChI=1S/C14H22N2O6/c1-13(2,3)22-12(21)15-7-8(17)16-9(11(19)20)10(18)14(4)5-6-14/h9H,5-7H2,1-4H3,(H,15,21)(H,16,17)(H,19,20). The fourth-order valence-corrected chi connectivity index (χ4v) is 1.70. The van der Waals surface area contributed by atoms with Gasteiger partial charge in [0, 0.05) is 5.41 Å². The van der Waals surface area contributed by atoms with Crippen molar-refractivity contribution in [2.24, 2.45) is 5.41 Å². The van der Waals surface area contributed by atoms with Crippen molar-refractivity contribution in [1.82, 2.24) is 10.6 Å². The number of aliphatic carboxylic acids is 1. The molecule has 1 saturated carbocycles. The molecule has 22 heavy (non-hydrogen) atoms. The Bertz CT molecular complexity index is 490. The van der Waals surface area contributed by atoms with Crippen molar-refractivity contribution in [3.63, 3.8) is 0 Å². The number of amides is 2. The molecule has 3 N–H and O–H groups in total. The molecule has 0 aromatic heterocycles. The van der Waals surface area contributed by atoms with Gasteiger partial charge >= 0.3 is 12.1 Å². The highest BCUT2D eigenvalue weighted by molar-refractivity contribution is 6.08. The van der Waals surface area contributed by atoms with Gasteiger partial charge in [-0.25, -0.2) is 9.59 Å². The van der Waals surface area contributed by atoms with Gasteiger partial charge in [0.2, 0.25) is 5.91 Å². The third kappa shape index (κ3) is 5.34. The molecule has 124 valence electrons. The SMILES string of the molecule is CC(C)(C)OC(=O)NCC(=O)NC(C(=O)O)C(=O)C1(C)CC1. The van der Waals surface area contributed by atoms with Crippen molar-refractivity contribution < 1.29 is 29.0 Å². The minimum atomic E-state index is -1.60. The van der Waals surface area contributed by atoms with Gasteiger partial charge in [-0.15, -0.1) is 0 Å². The summed E-state index contributed by atoms with van der Waals surface area (Å²) < 4.78 is 4.94. The van der Waals surface area contributed by atoms with Crippen LogP contribution in [0.5, 0.6) is 0 Å². The monoisotopic (exact) mass is 314 g/mol. The van der Waals surface area contributed by atoms with E-state index in [-0.39, 0.29) is 0 Å². The lowest BCUT2D eigenvalue weighted by Gasteiger charge is -2.20. The summed E-state index contributed by atoms with van der Waals surface area (Å²) in [4.78, 5) is 46.2. The summed E-state index contributed by atoms with van der Waals surface area (Å²) in [7, 11) is 0. The Hall–Kier alpha value is -2.12. The summed E-state index contributed by atoms with van der Waals surface area (Å²) in [5.41, 5.74) is -1.38. The lowest BCUT2D eigenvalue weighted by Crippen LogP contribution is -2.51. The average molecular weight is 314 g/mol. The van der Waals surface area contributed by atoms with Gasteiger partial charge in [-0.05, 0) is 33.6 Å². The van der Waals surface area contributed by atoms with Gasteiger partial charge < -0.3 is 20.5 Å². The summed E-state index contributed by atoms with van der Waals surface area (Å²) in [6.45, 7) is 6.20. The van der Waals surface area contributed by atoms with Crippen molar-refractivity contribution in [2.45, 2.75) is 52.2 Å². The Morgan fingerprint density at radius 2 is 1.77 bits per heavy atom. The van der Waals surface area contributed by atoms with Crippen molar-refractivity contribution in [3.05, 3.63) is 0 Å². The number of rotatable bonds is 6. The summed E-state index contributed by atoms with van der Waals surface area (Å²) in [6.07, 6.45) is 0.429. The van der Waals surface area contributed by atoms with Gasteiger partial charge in [-0.2, -0.15) is 0 Å². The molecule has 0 aromatic rings. The van der Waals surface area contributed by atoms with Crippen molar-refractivity contribution >= 4 is 23.8 Å². The van der Waals surface area contributed by atoms with Gasteiger partial charge in [0.1, 0.15) is 12.1 Å². The first-order valence-electron chi connectivity index (χ1n) is 6.98. The van der Waals surface area contributed by atoms with E-state index in [0.717, 1.165) is 0 Å². The van der Waals surface area contributed by atoms with E-state index < -0.39 is 47.4 Å². The van der Waals surface area contributed by atoms with E-state index in [2.05, 4.69) is 10.6 Å². The Labute approximate surface area is 128 Å². The fraction of sp³-hybridized carbons (Fsp3) is 0.714. The summed E-state index contributed by atoms with van der Waals surface area (Å²) in [6, 6.07) is -1.60. The molecule has 0 aromatic carbocycles. The second kappa shape index (κ2) is 6.33. The van der Waals surface area contributed by atoms with Crippen molar-refractivity contribution in [2.75, 3.05) is 6.54 Å². The number of carbonyl (C=O) groups is 4. The molecule has 1 fully saturated rings. The summed E-state index contributed by atoms with van der Waals surface area (Å²) >= 11 is 0. The molecular weight excluding hydrogens is 292 g/mol. The first-order valence-corrected chi connectivity index (χ1v) is 6.98. The second-order valence-corrected chi connectivity index (χ2v) is 6.62. The third-order valence-electron chi connectivity index (χ3n) is 3.20. The molecular formula is C14H22N2O6. The molecule has 0 saturated heterocycles. The zero-order valence-corrected chi connectivity index (χ0v) is 13.2. The zero-order chi connectivity index (χ0) is 17.1. The molecule has 2 amide bonds. The maximum Gasteiger partial charge on any atom is 0.408 e. The number of hydrogen-bond donors (Lipinski definition) is 3. The first-order chi connectivity index (χ1) is 9.94. The van der Waals surface area contributed by atoms with Crippen LogP contribution in [0.3, 0.4) is 0 Å². The van der Waals surface area contributed by atoms with E-state index in [4.69, 9.17) is 9.84 Å². The highest BCUT2D eigenvalue weighted by Crippen LogP contribution is 2.46. The van der Waals surface area contributed by atoms with E-state index in [0.29, 0.717) is 12.8 Å². The number of hydrogen-bond acceptors (Lipinski definition) is 5. The number of alkyl carbamates (subject to hydrolysis) is 1. The smallest absolute Gasteiger partial charge is 0.408 e. The molecule has 1 atom stereocenters. The second-order valence-electron chi connectivity index (χ2n) is 6.62. The first kappa shape index (κ1) is 17.9. The van der Waals surface area contributed by atoms with Crippen molar-refractivity contribution in [3.8, 4) is 0 Å². The van der Waals surface area contributed by atoms with Crippen molar-refractivity contribution in [1.29, 1.82) is 0 Å². The summed E-state index contributed by atoms with van der Waals surface area (Å²) in [5, 5.41) is 13.4. The molecule has 8 nitrogen and oxygen atoms in total. The minimum absolute atomic E-state index is 0.470. The average Bonchev–Trinajstić information content (AvgIpc) is 3.09. The number of carboxylic acid groups (broad SMARTS) is 1. The minimum Gasteiger partial charge on any atom is -0.479 e. The zero-order valence-electron chi connectivity index (χ0n) is 13.2. The number of nitrogens with one attached hydrogen (secondary N) is 2. The maximum atomic E-state index is 12.0. The molecule has 1 aliphatic carbocycles. The van der Waals surface area contributed by atoms with Gasteiger partial charge in [-0.3, -0.25) is 9.59 Å². The van der Waals surface area contributed by atoms with Crippen LogP contribution in [0.25, 0.3) is 0 Å². The van der Waals surface area contributed by atoms with Gasteiger partial charge in [0.15, 0.2) is 11.8 Å². The molecule has 0 aliphatic heterocycles. The molecule has 0 spiro atoms. The van der Waals surface area contributed by atoms with E-state index in [1.54, 1.807) is 27.7 Å². The summed E-state index contributed by atoms with van der Waals surface area (Å²) in [5.74, 6) is -2.70. The molecule has 8 heteroatoms. The Kier molecular flexibility index (Phi) is 5.16. The lowest BCUT2D eigenvalue weighted by atomic mass is 9.97. The van der Waals surface area contributed by atoms with Gasteiger partial charge in [0.25, 0.3) is 0 Å². The van der Waals surface area contributed by atoms with Crippen LogP contribution < -0.4 is 10.6 Å². The number of carbonyl (C=O) groups excluding carboxylic acids is 3. The molecule has 1 rings (SSSR count). The molecule has 0 heterocycles. The predicted molar refractivity (Wildman–Crippen MR) is 76.2 cm³/mol.